The third-order valence-corrected chi connectivity index (χ3v) is 5.29. The molecule has 164 valence electrons. The van der Waals surface area contributed by atoms with E-state index in [1.54, 1.807) is 0 Å². The van der Waals surface area contributed by atoms with E-state index in [9.17, 15) is 19.2 Å². The van der Waals surface area contributed by atoms with Crippen LogP contribution in [0, 0.1) is 5.92 Å². The SMILES string of the molecule is CCCCn1c(N)c(N(CCC(C)C)C(=O)CCSCC(=O)OC)c(=O)[nH]c1=O. The third kappa shape index (κ3) is 7.60. The lowest BCUT2D eigenvalue weighted by Crippen LogP contribution is -2.42. The number of esters is 1. The lowest BCUT2D eigenvalue weighted by molar-refractivity contribution is -0.137. The molecule has 0 bridgehead atoms. The van der Waals surface area contributed by atoms with Gasteiger partial charge in [-0.3, -0.25) is 23.9 Å². The summed E-state index contributed by atoms with van der Waals surface area (Å²) in [5.74, 6) is 0.236. The van der Waals surface area contributed by atoms with Crippen molar-refractivity contribution in [3.63, 3.8) is 0 Å². The summed E-state index contributed by atoms with van der Waals surface area (Å²) < 4.78 is 5.88. The predicted molar refractivity (Wildman–Crippen MR) is 116 cm³/mol. The van der Waals surface area contributed by atoms with Gasteiger partial charge >= 0.3 is 11.7 Å². The zero-order valence-electron chi connectivity index (χ0n) is 17.7. The van der Waals surface area contributed by atoms with E-state index in [4.69, 9.17) is 5.73 Å². The fourth-order valence-electron chi connectivity index (χ4n) is 2.63. The largest absolute Gasteiger partial charge is 0.468 e. The predicted octanol–water partition coefficient (Wildman–Crippen LogP) is 1.59. The van der Waals surface area contributed by atoms with Gasteiger partial charge in [-0.1, -0.05) is 27.2 Å². The van der Waals surface area contributed by atoms with Gasteiger partial charge in [-0.05, 0) is 18.8 Å². The molecule has 0 atom stereocenters. The summed E-state index contributed by atoms with van der Waals surface area (Å²) >= 11 is 1.28. The molecule has 1 rings (SSSR count). The maximum absolute atomic E-state index is 12.9. The first-order chi connectivity index (χ1) is 13.7. The average Bonchev–Trinajstić information content (AvgIpc) is 2.66. The normalized spacial score (nSPS) is 10.9. The van der Waals surface area contributed by atoms with Crippen molar-refractivity contribution in [1.29, 1.82) is 0 Å². The van der Waals surface area contributed by atoms with Crippen LogP contribution in [0.5, 0.6) is 0 Å². The highest BCUT2D eigenvalue weighted by molar-refractivity contribution is 7.99. The number of amides is 1. The molecule has 0 spiro atoms. The van der Waals surface area contributed by atoms with Crippen molar-refractivity contribution >= 4 is 35.1 Å². The first kappa shape index (κ1) is 24.8. The van der Waals surface area contributed by atoms with Crippen molar-refractivity contribution in [2.45, 2.75) is 53.0 Å². The van der Waals surface area contributed by atoms with Crippen molar-refractivity contribution in [2.24, 2.45) is 5.92 Å². The van der Waals surface area contributed by atoms with Crippen LogP contribution in [-0.4, -0.2) is 46.6 Å². The van der Waals surface area contributed by atoms with Gasteiger partial charge in [0.15, 0.2) is 5.69 Å². The Kier molecular flexibility index (Phi) is 10.6. The number of H-pyrrole nitrogens is 1. The van der Waals surface area contributed by atoms with Crippen LogP contribution in [0.1, 0.15) is 46.5 Å². The third-order valence-electron chi connectivity index (χ3n) is 4.36. The van der Waals surface area contributed by atoms with Gasteiger partial charge in [0.1, 0.15) is 5.82 Å². The number of unbranched alkanes of at least 4 members (excludes halogenated alkanes) is 1. The van der Waals surface area contributed by atoms with Gasteiger partial charge in [0.25, 0.3) is 5.56 Å². The molecule has 0 saturated heterocycles. The number of methoxy groups -OCH3 is 1. The molecule has 1 aromatic rings. The van der Waals surface area contributed by atoms with E-state index in [1.807, 2.05) is 20.8 Å². The molecule has 0 unspecified atom stereocenters. The molecule has 1 aromatic heterocycles. The number of thioether (sulfide) groups is 1. The summed E-state index contributed by atoms with van der Waals surface area (Å²) in [6, 6.07) is 0. The summed E-state index contributed by atoms with van der Waals surface area (Å²) in [4.78, 5) is 52.4. The average molecular weight is 429 g/mol. The number of hydrogen-bond donors (Lipinski definition) is 2. The van der Waals surface area contributed by atoms with Crippen LogP contribution >= 0.6 is 11.8 Å². The van der Waals surface area contributed by atoms with Crippen molar-refractivity contribution in [3.05, 3.63) is 20.8 Å². The number of anilines is 2. The molecule has 9 nitrogen and oxygen atoms in total. The smallest absolute Gasteiger partial charge is 0.330 e. The van der Waals surface area contributed by atoms with Crippen LogP contribution < -0.4 is 21.9 Å². The molecule has 0 aliphatic rings. The Morgan fingerprint density at radius 2 is 2.00 bits per heavy atom. The number of aromatic amines is 1. The summed E-state index contributed by atoms with van der Waals surface area (Å²) in [6.45, 7) is 6.71. The Morgan fingerprint density at radius 1 is 1.31 bits per heavy atom. The first-order valence-corrected chi connectivity index (χ1v) is 11.0. The van der Waals surface area contributed by atoms with Gasteiger partial charge in [-0.15, -0.1) is 11.8 Å². The van der Waals surface area contributed by atoms with Crippen LogP contribution in [0.25, 0.3) is 0 Å². The minimum Gasteiger partial charge on any atom is -0.468 e. The van der Waals surface area contributed by atoms with Crippen LogP contribution in [0.2, 0.25) is 0 Å². The fraction of sp³-hybridized carbons (Fsp3) is 0.684. The lowest BCUT2D eigenvalue weighted by Gasteiger charge is -2.25. The van der Waals surface area contributed by atoms with E-state index in [0.29, 0.717) is 31.2 Å². The Balaban J connectivity index is 3.13. The van der Waals surface area contributed by atoms with Gasteiger partial charge in [0.05, 0.1) is 12.9 Å². The first-order valence-electron chi connectivity index (χ1n) is 9.80. The second-order valence-corrected chi connectivity index (χ2v) is 8.21. The summed E-state index contributed by atoms with van der Waals surface area (Å²) in [5, 5.41) is 0. The van der Waals surface area contributed by atoms with E-state index >= 15 is 0 Å². The van der Waals surface area contributed by atoms with E-state index in [2.05, 4.69) is 9.72 Å². The van der Waals surface area contributed by atoms with E-state index in [-0.39, 0.29) is 35.6 Å². The standard InChI is InChI=1S/C19H32N4O5S/c1-5-6-9-23-17(20)16(18(26)21-19(23)27)22(10-7-13(2)3)14(24)8-11-29-12-15(25)28-4/h13H,5-12,20H2,1-4H3,(H,21,26,27). The molecule has 0 fully saturated rings. The molecule has 1 heterocycles. The topological polar surface area (TPSA) is 127 Å². The molecular formula is C19H32N4O5S. The Bertz CT molecular complexity index is 803. The Hall–Kier alpha value is -2.23. The Labute approximate surface area is 175 Å². The maximum atomic E-state index is 12.9. The van der Waals surface area contributed by atoms with Gasteiger partial charge in [0, 0.05) is 25.3 Å². The van der Waals surface area contributed by atoms with E-state index in [0.717, 1.165) is 12.8 Å². The number of nitrogen functional groups attached to an aromatic ring is 1. The van der Waals surface area contributed by atoms with Crippen molar-refractivity contribution in [1.82, 2.24) is 9.55 Å². The van der Waals surface area contributed by atoms with Crippen LogP contribution in [0.15, 0.2) is 9.59 Å². The molecule has 1 amide bonds. The van der Waals surface area contributed by atoms with E-state index < -0.39 is 11.2 Å². The van der Waals surface area contributed by atoms with Crippen molar-refractivity contribution in [3.8, 4) is 0 Å². The Morgan fingerprint density at radius 3 is 2.59 bits per heavy atom. The monoisotopic (exact) mass is 428 g/mol. The van der Waals surface area contributed by atoms with Gasteiger partial charge in [0.2, 0.25) is 5.91 Å². The van der Waals surface area contributed by atoms with Crippen LogP contribution in [-0.2, 0) is 20.9 Å². The highest BCUT2D eigenvalue weighted by Gasteiger charge is 2.24. The maximum Gasteiger partial charge on any atom is 0.330 e. The summed E-state index contributed by atoms with van der Waals surface area (Å²) in [6.07, 6.45) is 2.38. The summed E-state index contributed by atoms with van der Waals surface area (Å²) in [5.41, 5.74) is 4.94. The highest BCUT2D eigenvalue weighted by Crippen LogP contribution is 2.20. The number of nitrogens with zero attached hydrogens (tertiary/aromatic N) is 2. The molecule has 29 heavy (non-hydrogen) atoms. The molecule has 0 radical (unpaired) electrons. The molecule has 3 N–H and O–H groups in total. The van der Waals surface area contributed by atoms with Gasteiger partial charge < -0.3 is 15.4 Å². The molecular weight excluding hydrogens is 396 g/mol. The fourth-order valence-corrected chi connectivity index (χ4v) is 3.38. The van der Waals surface area contributed by atoms with Gasteiger partial charge in [-0.25, -0.2) is 4.79 Å². The zero-order valence-corrected chi connectivity index (χ0v) is 18.5. The minimum atomic E-state index is -0.667. The minimum absolute atomic E-state index is 0.00604. The molecule has 0 saturated carbocycles. The lowest BCUT2D eigenvalue weighted by atomic mass is 10.1. The van der Waals surface area contributed by atoms with Gasteiger partial charge in [-0.2, -0.15) is 0 Å². The van der Waals surface area contributed by atoms with Crippen molar-refractivity contribution < 1.29 is 14.3 Å². The number of carbonyl (C=O) groups excluding carboxylic acids is 2. The molecule has 0 aliphatic carbocycles. The number of nitrogens with two attached hydrogens (primary N) is 1. The highest BCUT2D eigenvalue weighted by atomic mass is 32.2. The van der Waals surface area contributed by atoms with Crippen LogP contribution in [0.4, 0.5) is 11.5 Å². The quantitative estimate of drug-likeness (QED) is 0.382. The van der Waals surface area contributed by atoms with E-state index in [1.165, 1.54) is 28.3 Å². The second kappa shape index (κ2) is 12.4. The molecule has 0 aromatic carbocycles. The number of ether oxygens (including phenoxy) is 1. The number of aromatic nitrogens is 2. The number of nitrogens with one attached hydrogen (secondary N) is 1. The number of carbonyl (C=O) groups is 2. The summed E-state index contributed by atoms with van der Waals surface area (Å²) in [7, 11) is 1.31. The molecule has 0 aliphatic heterocycles. The number of hydrogen-bond acceptors (Lipinski definition) is 7. The van der Waals surface area contributed by atoms with Crippen LogP contribution in [0.3, 0.4) is 0 Å². The van der Waals surface area contributed by atoms with Crippen molar-refractivity contribution in [2.75, 3.05) is 35.8 Å². The number of rotatable bonds is 12. The second-order valence-electron chi connectivity index (χ2n) is 7.10. The molecule has 10 heteroatoms. The zero-order chi connectivity index (χ0) is 22.0.